The van der Waals surface area contributed by atoms with Crippen molar-refractivity contribution in [2.24, 2.45) is 5.73 Å². The first-order valence-electron chi connectivity index (χ1n) is 9.35. The van der Waals surface area contributed by atoms with Gasteiger partial charge in [0, 0.05) is 25.2 Å². The molecule has 2 aromatic rings. The van der Waals surface area contributed by atoms with Gasteiger partial charge in [-0.15, -0.1) is 0 Å². The van der Waals surface area contributed by atoms with Crippen LogP contribution in [0.25, 0.3) is 0 Å². The lowest BCUT2D eigenvalue weighted by Crippen LogP contribution is -2.52. The standard InChI is InChI=1S/C22H30N2/c23-19-22(15-9-1-2-10-16-22)24(17-20-11-5-3-6-12-20)18-21-13-7-4-8-14-21/h3-8,11-14H,1-2,9-10,15-19,23H2. The van der Waals surface area contributed by atoms with Crippen molar-refractivity contribution in [3.8, 4) is 0 Å². The Balaban J connectivity index is 1.87. The molecular formula is C22H30N2. The Morgan fingerprint density at radius 2 is 1.17 bits per heavy atom. The van der Waals surface area contributed by atoms with Crippen LogP contribution in [0.3, 0.4) is 0 Å². The second kappa shape index (κ2) is 8.46. The van der Waals surface area contributed by atoms with Gasteiger partial charge >= 0.3 is 0 Å². The van der Waals surface area contributed by atoms with Gasteiger partial charge in [0.1, 0.15) is 0 Å². The summed E-state index contributed by atoms with van der Waals surface area (Å²) in [6, 6.07) is 21.7. The highest BCUT2D eigenvalue weighted by atomic mass is 15.2. The molecule has 0 amide bonds. The fraction of sp³-hybridized carbons (Fsp3) is 0.455. The predicted octanol–water partition coefficient (Wildman–Crippen LogP) is 4.74. The van der Waals surface area contributed by atoms with E-state index < -0.39 is 0 Å². The van der Waals surface area contributed by atoms with Crippen LogP contribution in [0.15, 0.2) is 60.7 Å². The van der Waals surface area contributed by atoms with Crippen LogP contribution in [-0.2, 0) is 13.1 Å². The molecule has 0 atom stereocenters. The van der Waals surface area contributed by atoms with Gasteiger partial charge in [0.2, 0.25) is 0 Å². The van der Waals surface area contributed by atoms with Crippen LogP contribution in [0.1, 0.15) is 49.7 Å². The van der Waals surface area contributed by atoms with Crippen LogP contribution in [0.4, 0.5) is 0 Å². The molecule has 0 saturated heterocycles. The molecule has 0 bridgehead atoms. The zero-order valence-corrected chi connectivity index (χ0v) is 14.7. The van der Waals surface area contributed by atoms with Gasteiger partial charge in [0.25, 0.3) is 0 Å². The first-order valence-corrected chi connectivity index (χ1v) is 9.35. The molecule has 2 heteroatoms. The van der Waals surface area contributed by atoms with E-state index in [1.165, 1.54) is 49.7 Å². The highest BCUT2D eigenvalue weighted by Gasteiger charge is 2.35. The van der Waals surface area contributed by atoms with Crippen LogP contribution in [-0.4, -0.2) is 17.0 Å². The van der Waals surface area contributed by atoms with E-state index in [-0.39, 0.29) is 5.54 Å². The molecule has 128 valence electrons. The smallest absolute Gasteiger partial charge is 0.0338 e. The van der Waals surface area contributed by atoms with E-state index >= 15 is 0 Å². The van der Waals surface area contributed by atoms with Crippen molar-refractivity contribution in [1.82, 2.24) is 4.90 Å². The molecule has 0 unspecified atom stereocenters. The lowest BCUT2D eigenvalue weighted by Gasteiger charge is -2.43. The van der Waals surface area contributed by atoms with Crippen molar-refractivity contribution >= 4 is 0 Å². The lowest BCUT2D eigenvalue weighted by atomic mass is 9.87. The average molecular weight is 322 g/mol. The van der Waals surface area contributed by atoms with Crippen LogP contribution in [0.2, 0.25) is 0 Å². The molecule has 3 rings (SSSR count). The molecule has 1 saturated carbocycles. The molecule has 0 aliphatic heterocycles. The molecule has 0 radical (unpaired) electrons. The molecule has 1 aliphatic rings. The predicted molar refractivity (Wildman–Crippen MR) is 102 cm³/mol. The summed E-state index contributed by atoms with van der Waals surface area (Å²) in [5.74, 6) is 0. The van der Waals surface area contributed by atoms with Crippen molar-refractivity contribution in [2.45, 2.75) is 57.2 Å². The molecule has 2 nitrogen and oxygen atoms in total. The average Bonchev–Trinajstić information content (AvgIpc) is 2.89. The van der Waals surface area contributed by atoms with Gasteiger partial charge in [-0.2, -0.15) is 0 Å². The molecule has 24 heavy (non-hydrogen) atoms. The summed E-state index contributed by atoms with van der Waals surface area (Å²) < 4.78 is 0. The van der Waals surface area contributed by atoms with E-state index in [1.807, 2.05) is 0 Å². The highest BCUT2D eigenvalue weighted by Crippen LogP contribution is 2.34. The summed E-state index contributed by atoms with van der Waals surface area (Å²) in [5.41, 5.74) is 9.28. The zero-order chi connectivity index (χ0) is 16.7. The summed E-state index contributed by atoms with van der Waals surface area (Å²) in [5, 5.41) is 0. The SMILES string of the molecule is NCC1(N(Cc2ccccc2)Cc2ccccc2)CCCCCC1. The number of hydrogen-bond donors (Lipinski definition) is 1. The topological polar surface area (TPSA) is 29.3 Å². The molecule has 2 N–H and O–H groups in total. The number of rotatable bonds is 6. The fourth-order valence-corrected chi connectivity index (χ4v) is 4.04. The van der Waals surface area contributed by atoms with Gasteiger partial charge in [-0.25, -0.2) is 0 Å². The summed E-state index contributed by atoms with van der Waals surface area (Å²) in [6.07, 6.45) is 7.76. The third-order valence-corrected chi connectivity index (χ3v) is 5.52. The molecule has 0 spiro atoms. The second-order valence-corrected chi connectivity index (χ2v) is 7.17. The Hall–Kier alpha value is -1.64. The number of benzene rings is 2. The molecule has 0 aromatic heterocycles. The Morgan fingerprint density at radius 3 is 1.58 bits per heavy atom. The Kier molecular flexibility index (Phi) is 6.06. The van der Waals surface area contributed by atoms with Gasteiger partial charge in [-0.05, 0) is 24.0 Å². The van der Waals surface area contributed by atoms with E-state index in [4.69, 9.17) is 5.73 Å². The highest BCUT2D eigenvalue weighted by molar-refractivity contribution is 5.18. The van der Waals surface area contributed by atoms with Crippen molar-refractivity contribution in [2.75, 3.05) is 6.54 Å². The first kappa shape index (κ1) is 17.2. The van der Waals surface area contributed by atoms with E-state index in [2.05, 4.69) is 65.6 Å². The summed E-state index contributed by atoms with van der Waals surface area (Å²) in [7, 11) is 0. The van der Waals surface area contributed by atoms with Crippen LogP contribution >= 0.6 is 0 Å². The minimum atomic E-state index is 0.141. The van der Waals surface area contributed by atoms with Crippen molar-refractivity contribution in [3.05, 3.63) is 71.8 Å². The largest absolute Gasteiger partial charge is 0.329 e. The van der Waals surface area contributed by atoms with Gasteiger partial charge < -0.3 is 5.73 Å². The molecule has 1 fully saturated rings. The van der Waals surface area contributed by atoms with E-state index in [9.17, 15) is 0 Å². The van der Waals surface area contributed by atoms with Crippen molar-refractivity contribution in [3.63, 3.8) is 0 Å². The molecular weight excluding hydrogens is 292 g/mol. The summed E-state index contributed by atoms with van der Waals surface area (Å²) >= 11 is 0. The van der Waals surface area contributed by atoms with Crippen LogP contribution in [0, 0.1) is 0 Å². The third kappa shape index (κ3) is 4.25. The zero-order valence-electron chi connectivity index (χ0n) is 14.7. The lowest BCUT2D eigenvalue weighted by molar-refractivity contribution is 0.0616. The minimum absolute atomic E-state index is 0.141. The van der Waals surface area contributed by atoms with E-state index in [0.29, 0.717) is 0 Å². The Labute approximate surface area is 146 Å². The maximum atomic E-state index is 6.37. The maximum absolute atomic E-state index is 6.37. The quantitative estimate of drug-likeness (QED) is 0.778. The monoisotopic (exact) mass is 322 g/mol. The number of hydrogen-bond acceptors (Lipinski definition) is 2. The fourth-order valence-electron chi connectivity index (χ4n) is 4.04. The van der Waals surface area contributed by atoms with Crippen molar-refractivity contribution in [1.29, 1.82) is 0 Å². The van der Waals surface area contributed by atoms with E-state index in [1.54, 1.807) is 0 Å². The van der Waals surface area contributed by atoms with Crippen LogP contribution in [0.5, 0.6) is 0 Å². The number of nitrogens with zero attached hydrogens (tertiary/aromatic N) is 1. The normalized spacial score (nSPS) is 17.6. The third-order valence-electron chi connectivity index (χ3n) is 5.52. The van der Waals surface area contributed by atoms with Gasteiger partial charge in [-0.3, -0.25) is 4.90 Å². The molecule has 2 aromatic carbocycles. The number of nitrogens with two attached hydrogens (primary N) is 1. The molecule has 1 aliphatic carbocycles. The summed E-state index contributed by atoms with van der Waals surface area (Å²) in [4.78, 5) is 2.66. The van der Waals surface area contributed by atoms with Gasteiger partial charge in [0.15, 0.2) is 0 Å². The second-order valence-electron chi connectivity index (χ2n) is 7.17. The van der Waals surface area contributed by atoms with Gasteiger partial charge in [0.05, 0.1) is 0 Å². The molecule has 0 heterocycles. The maximum Gasteiger partial charge on any atom is 0.0338 e. The Bertz CT molecular complexity index is 544. The van der Waals surface area contributed by atoms with Gasteiger partial charge in [-0.1, -0.05) is 86.3 Å². The van der Waals surface area contributed by atoms with Crippen molar-refractivity contribution < 1.29 is 0 Å². The minimum Gasteiger partial charge on any atom is -0.329 e. The Morgan fingerprint density at radius 1 is 0.708 bits per heavy atom. The summed E-state index contributed by atoms with van der Waals surface area (Å²) in [6.45, 7) is 2.71. The van der Waals surface area contributed by atoms with E-state index in [0.717, 1.165) is 19.6 Å². The van der Waals surface area contributed by atoms with Crippen LogP contribution < -0.4 is 5.73 Å². The first-order chi connectivity index (χ1) is 11.8.